The van der Waals surface area contributed by atoms with Gasteiger partial charge in [-0.25, -0.2) is 4.57 Å². The van der Waals surface area contributed by atoms with Crippen LogP contribution in [0.3, 0.4) is 0 Å². The molecule has 0 amide bonds. The van der Waals surface area contributed by atoms with Crippen LogP contribution in [0.4, 0.5) is 0 Å². The molecule has 416 valence electrons. The van der Waals surface area contributed by atoms with E-state index in [0.717, 1.165) is 89.9 Å². The number of phosphoric acid groups is 1. The van der Waals surface area contributed by atoms with E-state index in [9.17, 15) is 28.9 Å². The van der Waals surface area contributed by atoms with Gasteiger partial charge in [0.2, 0.25) is 0 Å². The highest BCUT2D eigenvalue weighted by Crippen LogP contribution is 2.43. The topological polar surface area (TPSA) is 155 Å². The summed E-state index contributed by atoms with van der Waals surface area (Å²) < 4.78 is 39.5. The molecule has 11 nitrogen and oxygen atoms in total. The molecule has 72 heavy (non-hydrogen) atoms. The molecular weight excluding hydrogens is 928 g/mol. The van der Waals surface area contributed by atoms with Crippen LogP contribution in [0.5, 0.6) is 0 Å². The fourth-order valence-electron chi connectivity index (χ4n) is 7.73. The number of hydrogen-bond donors (Lipinski definition) is 2. The van der Waals surface area contributed by atoms with Crippen molar-refractivity contribution in [1.29, 1.82) is 0 Å². The van der Waals surface area contributed by atoms with E-state index in [-0.39, 0.29) is 25.9 Å². The van der Waals surface area contributed by atoms with Crippen molar-refractivity contribution < 1.29 is 52.2 Å². The Kier molecular flexibility index (Phi) is 51.9. The van der Waals surface area contributed by atoms with Crippen molar-refractivity contribution in [3.63, 3.8) is 0 Å². The summed E-state index contributed by atoms with van der Waals surface area (Å²) in [6, 6.07) is 0. The zero-order valence-corrected chi connectivity index (χ0v) is 46.8. The normalized spacial score (nSPS) is 13.9. The lowest BCUT2D eigenvalue weighted by Crippen LogP contribution is -2.30. The van der Waals surface area contributed by atoms with E-state index in [4.69, 9.17) is 23.3 Å². The fraction of sp³-hybridized carbons (Fsp3) is 0.750. The number of aliphatic hydroxyl groups excluding tert-OH is 1. The summed E-state index contributed by atoms with van der Waals surface area (Å²) in [6.45, 7) is 4.46. The fourth-order valence-corrected chi connectivity index (χ4v) is 8.51. The maximum atomic E-state index is 12.9. The third-order valence-corrected chi connectivity index (χ3v) is 13.1. The van der Waals surface area contributed by atoms with Crippen LogP contribution in [0.15, 0.2) is 72.9 Å². The average Bonchev–Trinajstić information content (AvgIpc) is 3.37. The van der Waals surface area contributed by atoms with E-state index in [1.54, 1.807) is 0 Å². The minimum atomic E-state index is -4.76. The van der Waals surface area contributed by atoms with E-state index in [1.165, 1.54) is 103 Å². The van der Waals surface area contributed by atoms with E-state index in [2.05, 4.69) is 93.7 Å². The molecule has 0 radical (unpaired) electrons. The number of carbonyl (C=O) groups excluding carboxylic acids is 3. The third kappa shape index (κ3) is 51.8. The number of phosphoric ester groups is 1. The highest BCUT2D eigenvalue weighted by Gasteiger charge is 2.28. The molecule has 0 aliphatic rings. The van der Waals surface area contributed by atoms with Gasteiger partial charge in [-0.05, 0) is 89.9 Å². The molecule has 0 aliphatic heterocycles. The Morgan fingerprint density at radius 2 is 0.722 bits per heavy atom. The van der Waals surface area contributed by atoms with Gasteiger partial charge in [0.25, 0.3) is 0 Å². The zero-order chi connectivity index (χ0) is 52.7. The van der Waals surface area contributed by atoms with Crippen molar-refractivity contribution in [3.8, 4) is 0 Å². The lowest BCUT2D eigenvalue weighted by Gasteiger charge is -2.21. The first-order valence-electron chi connectivity index (χ1n) is 28.8. The molecular formula is C60H105O11P. The van der Waals surface area contributed by atoms with E-state index >= 15 is 0 Å². The van der Waals surface area contributed by atoms with Crippen LogP contribution >= 0.6 is 7.82 Å². The maximum Gasteiger partial charge on any atom is 0.472 e. The molecule has 0 fully saturated rings. The summed E-state index contributed by atoms with van der Waals surface area (Å²) in [6.07, 6.45) is 60.1. The quantitative estimate of drug-likeness (QED) is 0.0197. The largest absolute Gasteiger partial charge is 0.472 e. The predicted octanol–water partition coefficient (Wildman–Crippen LogP) is 16.9. The van der Waals surface area contributed by atoms with Gasteiger partial charge in [-0.1, -0.05) is 216 Å². The predicted molar refractivity (Wildman–Crippen MR) is 298 cm³/mol. The van der Waals surface area contributed by atoms with Gasteiger partial charge in [-0.15, -0.1) is 0 Å². The van der Waals surface area contributed by atoms with Crippen LogP contribution in [-0.4, -0.2) is 66.5 Å². The monoisotopic (exact) mass is 1030 g/mol. The number of ether oxygens (including phenoxy) is 3. The van der Waals surface area contributed by atoms with Crippen LogP contribution in [0.1, 0.15) is 252 Å². The summed E-state index contributed by atoms with van der Waals surface area (Å²) in [4.78, 5) is 48.5. The molecule has 0 bridgehead atoms. The lowest BCUT2D eigenvalue weighted by atomic mass is 10.1. The van der Waals surface area contributed by atoms with E-state index in [1.807, 2.05) is 0 Å². The van der Waals surface area contributed by atoms with Gasteiger partial charge in [-0.2, -0.15) is 0 Å². The van der Waals surface area contributed by atoms with Crippen LogP contribution < -0.4 is 0 Å². The summed E-state index contributed by atoms with van der Waals surface area (Å²) in [5, 5.41) is 9.80. The Bertz CT molecular complexity index is 1490. The molecule has 0 saturated heterocycles. The molecule has 3 unspecified atom stereocenters. The smallest absolute Gasteiger partial charge is 0.462 e. The van der Waals surface area contributed by atoms with Crippen LogP contribution in [0.25, 0.3) is 0 Å². The minimum Gasteiger partial charge on any atom is -0.462 e. The molecule has 0 aromatic rings. The van der Waals surface area contributed by atoms with Crippen molar-refractivity contribution >= 4 is 25.7 Å². The zero-order valence-electron chi connectivity index (χ0n) is 45.9. The molecule has 0 heterocycles. The molecule has 12 heteroatoms. The highest BCUT2D eigenvalue weighted by molar-refractivity contribution is 7.47. The maximum absolute atomic E-state index is 12.9. The molecule has 0 aromatic carbocycles. The van der Waals surface area contributed by atoms with Gasteiger partial charge in [0.05, 0.1) is 19.8 Å². The number of rotatable bonds is 53. The second-order valence-electron chi connectivity index (χ2n) is 19.1. The highest BCUT2D eigenvalue weighted by atomic mass is 31.2. The van der Waals surface area contributed by atoms with Gasteiger partial charge >= 0.3 is 25.7 Å². The van der Waals surface area contributed by atoms with Crippen molar-refractivity contribution in [2.75, 3.05) is 26.4 Å². The summed E-state index contributed by atoms with van der Waals surface area (Å²) in [5.41, 5.74) is 0. The van der Waals surface area contributed by atoms with Crippen LogP contribution in [-0.2, 0) is 42.2 Å². The molecule has 0 aliphatic carbocycles. The molecule has 0 rings (SSSR count). The number of esters is 3. The van der Waals surface area contributed by atoms with E-state index < -0.39 is 57.8 Å². The number of carbonyl (C=O) groups is 3. The summed E-state index contributed by atoms with van der Waals surface area (Å²) >= 11 is 0. The minimum absolute atomic E-state index is 0.124. The average molecular weight is 1030 g/mol. The first-order valence-corrected chi connectivity index (χ1v) is 30.3. The Hall–Kier alpha value is -3.08. The molecule has 0 spiro atoms. The van der Waals surface area contributed by atoms with Gasteiger partial charge in [-0.3, -0.25) is 23.4 Å². The SMILES string of the molecule is CC/C=C\C/C=C\C/C=C\C/C=C\CCCCC(=O)OC(CO)COP(=O)(O)OCC(COC(=O)CCCCCCCCCCCCC)OC(=O)CCCCCCCCCCC/C=C\C/C=C\CCCCC. The molecule has 3 atom stereocenters. The first-order chi connectivity index (χ1) is 35.2. The Labute approximate surface area is 439 Å². The van der Waals surface area contributed by atoms with Crippen LogP contribution in [0, 0.1) is 0 Å². The number of aliphatic hydroxyl groups is 1. The number of hydrogen-bond acceptors (Lipinski definition) is 10. The third-order valence-electron chi connectivity index (χ3n) is 12.1. The standard InChI is InChI=1S/C60H105O11P/c1-4-7-10-13-16-19-22-24-26-27-28-29-31-33-36-39-42-45-48-51-60(64)71-57(53-67-58(62)49-46-43-40-37-34-21-18-15-12-9-6-3)55-69-72(65,66)68-54-56(52-61)70-59(63)50-47-44-41-38-35-32-30-25-23-20-17-14-11-8-5-2/h8,11,16-17,19-20,24-26,30,35,38,56-57,61H,4-7,9-10,12-15,18,21-23,27-29,31-34,36-37,39-55H2,1-3H3,(H,65,66)/b11-8-,19-16-,20-17-,26-24-,30-25-,38-35-. The summed E-state index contributed by atoms with van der Waals surface area (Å²) in [7, 11) is -4.76. The second-order valence-corrected chi connectivity index (χ2v) is 20.5. The van der Waals surface area contributed by atoms with Gasteiger partial charge in [0, 0.05) is 19.3 Å². The van der Waals surface area contributed by atoms with Crippen molar-refractivity contribution in [1.82, 2.24) is 0 Å². The van der Waals surface area contributed by atoms with Gasteiger partial charge < -0.3 is 24.2 Å². The van der Waals surface area contributed by atoms with Crippen molar-refractivity contribution in [2.45, 2.75) is 264 Å². The van der Waals surface area contributed by atoms with Crippen LogP contribution in [0.2, 0.25) is 0 Å². The Morgan fingerprint density at radius 1 is 0.403 bits per heavy atom. The Balaban J connectivity index is 4.72. The lowest BCUT2D eigenvalue weighted by molar-refractivity contribution is -0.161. The second kappa shape index (κ2) is 54.2. The van der Waals surface area contributed by atoms with E-state index in [0.29, 0.717) is 19.3 Å². The van der Waals surface area contributed by atoms with Gasteiger partial charge in [0.15, 0.2) is 6.10 Å². The van der Waals surface area contributed by atoms with Gasteiger partial charge in [0.1, 0.15) is 12.7 Å². The first kappa shape index (κ1) is 68.9. The number of unbranched alkanes of at least 4 members (excludes halogenated alkanes) is 24. The molecule has 2 N–H and O–H groups in total. The van der Waals surface area contributed by atoms with Crippen molar-refractivity contribution in [3.05, 3.63) is 72.9 Å². The molecule has 0 saturated carbocycles. The number of allylic oxidation sites excluding steroid dienone is 12. The summed E-state index contributed by atoms with van der Waals surface area (Å²) in [5.74, 6) is -1.51. The molecule has 0 aromatic heterocycles. The van der Waals surface area contributed by atoms with Crippen molar-refractivity contribution in [2.24, 2.45) is 0 Å². The Morgan fingerprint density at radius 3 is 1.17 bits per heavy atom.